The Labute approximate surface area is 172 Å². The number of H-pyrrole nitrogens is 1. The van der Waals surface area contributed by atoms with Crippen LogP contribution in [0.5, 0.6) is 0 Å². The summed E-state index contributed by atoms with van der Waals surface area (Å²) >= 11 is 0. The zero-order chi connectivity index (χ0) is 20.5. The molecule has 8 nitrogen and oxygen atoms in total. The molecular weight excluding hydrogens is 382 g/mol. The SMILES string of the molecule is O=C(c1cn2ccccc2n1)N(Cc1nc2ccccc2c(=O)[nH]1)C[C@@H]1CCCO1. The number of aromatic amines is 1. The second kappa shape index (κ2) is 7.72. The van der Waals surface area contributed by atoms with Gasteiger partial charge in [0.2, 0.25) is 0 Å². The lowest BCUT2D eigenvalue weighted by atomic mass is 10.2. The Morgan fingerprint density at radius 1 is 1.20 bits per heavy atom. The first kappa shape index (κ1) is 18.5. The number of rotatable bonds is 5. The van der Waals surface area contributed by atoms with E-state index in [9.17, 15) is 9.59 Å². The highest BCUT2D eigenvalue weighted by Gasteiger charge is 2.26. The van der Waals surface area contributed by atoms with Crippen molar-refractivity contribution in [1.82, 2.24) is 24.3 Å². The average Bonchev–Trinajstić information content (AvgIpc) is 3.42. The number of aromatic nitrogens is 4. The van der Waals surface area contributed by atoms with E-state index in [1.165, 1.54) is 0 Å². The third kappa shape index (κ3) is 3.57. The van der Waals surface area contributed by atoms with Gasteiger partial charge < -0.3 is 19.0 Å². The molecule has 1 aromatic carbocycles. The molecule has 8 heteroatoms. The van der Waals surface area contributed by atoms with E-state index in [1.807, 2.05) is 34.9 Å². The maximum absolute atomic E-state index is 13.3. The Morgan fingerprint density at radius 2 is 2.07 bits per heavy atom. The molecule has 0 spiro atoms. The quantitative estimate of drug-likeness (QED) is 0.552. The van der Waals surface area contributed by atoms with Crippen molar-refractivity contribution in [2.45, 2.75) is 25.5 Å². The number of hydrogen-bond donors (Lipinski definition) is 1. The summed E-state index contributed by atoms with van der Waals surface area (Å²) in [5, 5.41) is 0.526. The van der Waals surface area contributed by atoms with Crippen LogP contribution in [0.2, 0.25) is 0 Å². The van der Waals surface area contributed by atoms with Gasteiger partial charge >= 0.3 is 0 Å². The van der Waals surface area contributed by atoms with E-state index in [2.05, 4.69) is 15.0 Å². The van der Waals surface area contributed by atoms with Crippen LogP contribution in [-0.2, 0) is 11.3 Å². The van der Waals surface area contributed by atoms with Crippen molar-refractivity contribution in [3.8, 4) is 0 Å². The number of ether oxygens (including phenoxy) is 1. The number of fused-ring (bicyclic) bond motifs is 2. The lowest BCUT2D eigenvalue weighted by Crippen LogP contribution is -2.38. The number of nitrogens with zero attached hydrogens (tertiary/aromatic N) is 4. The number of nitrogens with one attached hydrogen (secondary N) is 1. The second-order valence-corrected chi connectivity index (χ2v) is 7.44. The third-order valence-electron chi connectivity index (χ3n) is 5.32. The number of amides is 1. The number of hydrogen-bond acceptors (Lipinski definition) is 5. The summed E-state index contributed by atoms with van der Waals surface area (Å²) in [7, 11) is 0. The van der Waals surface area contributed by atoms with Crippen LogP contribution in [0.3, 0.4) is 0 Å². The van der Waals surface area contributed by atoms with Crippen LogP contribution in [0.4, 0.5) is 0 Å². The lowest BCUT2D eigenvalue weighted by molar-refractivity contribution is 0.0497. The highest BCUT2D eigenvalue weighted by Crippen LogP contribution is 2.17. The van der Waals surface area contributed by atoms with Crippen LogP contribution in [0.1, 0.15) is 29.2 Å². The molecule has 0 aliphatic carbocycles. The molecule has 3 aromatic heterocycles. The predicted molar refractivity (Wildman–Crippen MR) is 111 cm³/mol. The van der Waals surface area contributed by atoms with Gasteiger partial charge in [-0.2, -0.15) is 0 Å². The number of imidazole rings is 1. The van der Waals surface area contributed by atoms with Gasteiger partial charge in [0.1, 0.15) is 17.2 Å². The summed E-state index contributed by atoms with van der Waals surface area (Å²) in [6, 6.07) is 12.8. The number of pyridine rings is 1. The van der Waals surface area contributed by atoms with E-state index < -0.39 is 0 Å². The minimum Gasteiger partial charge on any atom is -0.376 e. The number of carbonyl (C=O) groups is 1. The fourth-order valence-corrected chi connectivity index (χ4v) is 3.84. The molecule has 1 atom stereocenters. The molecular formula is C22H21N5O3. The van der Waals surface area contributed by atoms with Gasteiger partial charge in [-0.05, 0) is 37.1 Å². The van der Waals surface area contributed by atoms with Crippen LogP contribution < -0.4 is 5.56 Å². The van der Waals surface area contributed by atoms with Gasteiger partial charge in [0, 0.05) is 25.5 Å². The van der Waals surface area contributed by atoms with Crippen LogP contribution in [-0.4, -0.2) is 49.4 Å². The summed E-state index contributed by atoms with van der Waals surface area (Å²) < 4.78 is 7.56. The van der Waals surface area contributed by atoms with Crippen LogP contribution in [0.15, 0.2) is 59.7 Å². The van der Waals surface area contributed by atoms with E-state index >= 15 is 0 Å². The Kier molecular flexibility index (Phi) is 4.76. The van der Waals surface area contributed by atoms with Crippen molar-refractivity contribution in [1.29, 1.82) is 0 Å². The Hall–Kier alpha value is -3.52. The van der Waals surface area contributed by atoms with Crippen molar-refractivity contribution in [3.05, 3.63) is 76.7 Å². The van der Waals surface area contributed by atoms with Gasteiger partial charge in [-0.15, -0.1) is 0 Å². The number of carbonyl (C=O) groups excluding carboxylic acids is 1. The molecule has 30 heavy (non-hydrogen) atoms. The molecule has 5 rings (SSSR count). The standard InChI is InChI=1S/C22H21N5O3/c28-21-16-7-1-2-8-17(16)23-19(25-21)14-27(12-15-6-5-11-30-15)22(29)18-13-26-10-4-3-9-20(26)24-18/h1-4,7-10,13,15H,5-6,11-12,14H2,(H,23,25,28)/t15-/m0/s1. The summed E-state index contributed by atoms with van der Waals surface area (Å²) in [4.78, 5) is 39.3. The normalized spacial score (nSPS) is 16.3. The zero-order valence-corrected chi connectivity index (χ0v) is 16.3. The molecule has 152 valence electrons. The third-order valence-corrected chi connectivity index (χ3v) is 5.32. The lowest BCUT2D eigenvalue weighted by Gasteiger charge is -2.24. The Morgan fingerprint density at radius 3 is 2.90 bits per heavy atom. The fourth-order valence-electron chi connectivity index (χ4n) is 3.84. The molecule has 1 N–H and O–H groups in total. The van der Waals surface area contributed by atoms with E-state index in [-0.39, 0.29) is 24.1 Å². The van der Waals surface area contributed by atoms with Crippen molar-refractivity contribution >= 4 is 22.5 Å². The van der Waals surface area contributed by atoms with E-state index in [0.29, 0.717) is 41.2 Å². The average molecular weight is 403 g/mol. The van der Waals surface area contributed by atoms with Crippen molar-refractivity contribution in [3.63, 3.8) is 0 Å². The monoisotopic (exact) mass is 403 g/mol. The molecule has 1 fully saturated rings. The molecule has 1 aliphatic rings. The Balaban J connectivity index is 1.48. The number of para-hydroxylation sites is 1. The van der Waals surface area contributed by atoms with Crippen molar-refractivity contribution in [2.75, 3.05) is 13.2 Å². The zero-order valence-electron chi connectivity index (χ0n) is 16.3. The molecule has 0 bridgehead atoms. The minimum atomic E-state index is -0.218. The second-order valence-electron chi connectivity index (χ2n) is 7.44. The molecule has 0 saturated carbocycles. The van der Waals surface area contributed by atoms with E-state index in [1.54, 1.807) is 29.3 Å². The van der Waals surface area contributed by atoms with Crippen molar-refractivity contribution in [2.24, 2.45) is 0 Å². The first-order valence-corrected chi connectivity index (χ1v) is 10.00. The first-order valence-electron chi connectivity index (χ1n) is 10.00. The summed E-state index contributed by atoms with van der Waals surface area (Å²) in [5.74, 6) is 0.221. The fraction of sp³-hybridized carbons (Fsp3) is 0.273. The van der Waals surface area contributed by atoms with Gasteiger partial charge in [0.15, 0.2) is 0 Å². The molecule has 0 unspecified atom stereocenters. The van der Waals surface area contributed by atoms with Gasteiger partial charge in [0.05, 0.1) is 23.6 Å². The van der Waals surface area contributed by atoms with Gasteiger partial charge in [0.25, 0.3) is 11.5 Å². The van der Waals surface area contributed by atoms with Gasteiger partial charge in [-0.3, -0.25) is 9.59 Å². The predicted octanol–water partition coefficient (Wildman–Crippen LogP) is 2.39. The topological polar surface area (TPSA) is 92.6 Å². The summed E-state index contributed by atoms with van der Waals surface area (Å²) in [6.45, 7) is 1.29. The van der Waals surface area contributed by atoms with Crippen LogP contribution in [0, 0.1) is 0 Å². The highest BCUT2D eigenvalue weighted by atomic mass is 16.5. The molecule has 4 aromatic rings. The minimum absolute atomic E-state index is 0.0295. The molecule has 4 heterocycles. The summed E-state index contributed by atoms with van der Waals surface area (Å²) in [5.41, 5.74) is 1.44. The maximum Gasteiger partial charge on any atom is 0.274 e. The van der Waals surface area contributed by atoms with Gasteiger partial charge in [-0.25, -0.2) is 9.97 Å². The number of benzene rings is 1. The highest BCUT2D eigenvalue weighted by molar-refractivity contribution is 5.93. The molecule has 1 aliphatic heterocycles. The van der Waals surface area contributed by atoms with Gasteiger partial charge in [-0.1, -0.05) is 18.2 Å². The smallest absolute Gasteiger partial charge is 0.274 e. The maximum atomic E-state index is 13.3. The van der Waals surface area contributed by atoms with E-state index in [0.717, 1.165) is 12.8 Å². The summed E-state index contributed by atoms with van der Waals surface area (Å²) in [6.07, 6.45) is 5.42. The molecule has 1 saturated heterocycles. The largest absolute Gasteiger partial charge is 0.376 e. The van der Waals surface area contributed by atoms with Crippen molar-refractivity contribution < 1.29 is 9.53 Å². The van der Waals surface area contributed by atoms with Crippen LogP contribution >= 0.6 is 0 Å². The molecule has 1 amide bonds. The Bertz CT molecular complexity index is 1240. The van der Waals surface area contributed by atoms with Crippen LogP contribution in [0.25, 0.3) is 16.6 Å². The van der Waals surface area contributed by atoms with E-state index in [4.69, 9.17) is 4.74 Å². The molecule has 0 radical (unpaired) electrons. The first-order chi connectivity index (χ1) is 14.7.